The van der Waals surface area contributed by atoms with Crippen LogP contribution in [0.15, 0.2) is 188 Å². The van der Waals surface area contributed by atoms with Crippen molar-refractivity contribution in [2.75, 3.05) is 0 Å². The van der Waals surface area contributed by atoms with E-state index >= 15 is 0 Å². The summed E-state index contributed by atoms with van der Waals surface area (Å²) in [5.41, 5.74) is 10.9. The zero-order chi connectivity index (χ0) is 32.3. The molecule has 0 N–H and O–H groups in total. The van der Waals surface area contributed by atoms with Crippen LogP contribution in [-0.4, -0.2) is 4.57 Å². The molecule has 0 unspecified atom stereocenters. The van der Waals surface area contributed by atoms with Gasteiger partial charge in [0.25, 0.3) is 0 Å². The first-order valence-electron chi connectivity index (χ1n) is 16.9. The lowest BCUT2D eigenvalue weighted by Crippen LogP contribution is -1.95. The Hall–Kier alpha value is -6.44. The van der Waals surface area contributed by atoms with Crippen molar-refractivity contribution in [3.8, 4) is 39.1 Å². The van der Waals surface area contributed by atoms with Gasteiger partial charge >= 0.3 is 0 Å². The molecule has 9 aromatic carbocycles. The van der Waals surface area contributed by atoms with E-state index in [0.29, 0.717) is 0 Å². The third kappa shape index (κ3) is 4.40. The van der Waals surface area contributed by atoms with Crippen LogP contribution >= 0.6 is 0 Å². The Morgan fingerprint density at radius 3 is 1.47 bits per heavy atom. The maximum Gasteiger partial charge on any atom is 0.0626 e. The summed E-state index contributed by atoms with van der Waals surface area (Å²) >= 11 is 0. The van der Waals surface area contributed by atoms with Gasteiger partial charge in [0.05, 0.1) is 11.0 Å². The van der Waals surface area contributed by atoms with Gasteiger partial charge in [-0.2, -0.15) is 0 Å². The van der Waals surface area contributed by atoms with Crippen molar-refractivity contribution in [1.82, 2.24) is 4.57 Å². The lowest BCUT2D eigenvalue weighted by atomic mass is 9.92. The normalized spacial score (nSPS) is 11.7. The second-order valence-electron chi connectivity index (χ2n) is 12.9. The molecule has 10 aromatic rings. The minimum absolute atomic E-state index is 1.16. The van der Waals surface area contributed by atoms with E-state index in [1.807, 2.05) is 0 Å². The summed E-state index contributed by atoms with van der Waals surface area (Å²) in [5, 5.41) is 10.2. The first-order chi connectivity index (χ1) is 24.3. The molecule has 10 rings (SSSR count). The molecule has 0 fully saturated rings. The van der Waals surface area contributed by atoms with Crippen molar-refractivity contribution in [2.45, 2.75) is 0 Å². The zero-order valence-electron chi connectivity index (χ0n) is 26.8. The highest BCUT2D eigenvalue weighted by Gasteiger charge is 2.21. The fourth-order valence-corrected chi connectivity index (χ4v) is 7.86. The van der Waals surface area contributed by atoms with Gasteiger partial charge in [0.15, 0.2) is 0 Å². The molecule has 0 radical (unpaired) electrons. The van der Waals surface area contributed by atoms with Crippen LogP contribution < -0.4 is 0 Å². The smallest absolute Gasteiger partial charge is 0.0626 e. The van der Waals surface area contributed by atoms with Crippen LogP contribution in [0.3, 0.4) is 0 Å². The molecule has 0 aliphatic heterocycles. The topological polar surface area (TPSA) is 4.93 Å². The van der Waals surface area contributed by atoms with Crippen LogP contribution in [-0.2, 0) is 0 Å². The van der Waals surface area contributed by atoms with E-state index in [4.69, 9.17) is 0 Å². The predicted octanol–water partition coefficient (Wildman–Crippen LogP) is 13.2. The standard InChI is InChI=1S/C48H31N/c1-3-11-32(12-4-1)34-19-21-36(22-20-34)38-26-30-45-44(31-38)47-46-40-16-8-7-15-37(40)25-29-42(46)41-17-9-10-18-43(41)48(47)49(45)39-27-23-35(24-28-39)33-13-5-2-6-14-33/h1-31H. The molecule has 0 saturated heterocycles. The SMILES string of the molecule is c1ccc(-c2ccc(-c3ccc4c(c3)c3c5c6ccccc6ccc5c5ccccc5c3n4-c3ccc(-c4ccccc4)cc3)cc2)cc1. The van der Waals surface area contributed by atoms with Crippen molar-refractivity contribution >= 4 is 54.1 Å². The molecule has 49 heavy (non-hydrogen) atoms. The summed E-state index contributed by atoms with van der Waals surface area (Å²) in [6.07, 6.45) is 0. The number of nitrogens with zero attached hydrogens (tertiary/aromatic N) is 1. The van der Waals surface area contributed by atoms with Gasteiger partial charge < -0.3 is 4.57 Å². The third-order valence-electron chi connectivity index (χ3n) is 10.2. The molecule has 0 aliphatic carbocycles. The van der Waals surface area contributed by atoms with Gasteiger partial charge in [-0.15, -0.1) is 0 Å². The highest BCUT2D eigenvalue weighted by Crippen LogP contribution is 2.45. The van der Waals surface area contributed by atoms with Gasteiger partial charge in [-0.1, -0.05) is 164 Å². The lowest BCUT2D eigenvalue weighted by Gasteiger charge is -2.14. The number of aromatic nitrogens is 1. The zero-order valence-corrected chi connectivity index (χ0v) is 26.8. The summed E-state index contributed by atoms with van der Waals surface area (Å²) in [6.45, 7) is 0. The number of hydrogen-bond acceptors (Lipinski definition) is 0. The van der Waals surface area contributed by atoms with Crippen LogP contribution in [0.5, 0.6) is 0 Å². The Balaban J connectivity index is 1.29. The fourth-order valence-electron chi connectivity index (χ4n) is 7.86. The van der Waals surface area contributed by atoms with Gasteiger partial charge in [0.2, 0.25) is 0 Å². The molecular weight excluding hydrogens is 591 g/mol. The summed E-state index contributed by atoms with van der Waals surface area (Å²) in [4.78, 5) is 0. The summed E-state index contributed by atoms with van der Waals surface area (Å²) < 4.78 is 2.49. The van der Waals surface area contributed by atoms with E-state index in [0.717, 1.165) is 5.69 Å². The van der Waals surface area contributed by atoms with Gasteiger partial charge in [-0.05, 0) is 79.2 Å². The van der Waals surface area contributed by atoms with E-state index in [1.165, 1.54) is 87.5 Å². The van der Waals surface area contributed by atoms with Crippen LogP contribution in [0.1, 0.15) is 0 Å². The maximum absolute atomic E-state index is 2.49. The Morgan fingerprint density at radius 1 is 0.286 bits per heavy atom. The quantitative estimate of drug-likeness (QED) is 0.172. The molecule has 1 heterocycles. The van der Waals surface area contributed by atoms with Crippen molar-refractivity contribution < 1.29 is 0 Å². The van der Waals surface area contributed by atoms with E-state index in [9.17, 15) is 0 Å². The molecule has 1 heteroatoms. The molecule has 228 valence electrons. The fraction of sp³-hybridized carbons (Fsp3) is 0. The van der Waals surface area contributed by atoms with E-state index in [-0.39, 0.29) is 0 Å². The largest absolute Gasteiger partial charge is 0.309 e. The minimum Gasteiger partial charge on any atom is -0.309 e. The van der Waals surface area contributed by atoms with Gasteiger partial charge in [0.1, 0.15) is 0 Å². The molecule has 0 amide bonds. The first kappa shape index (κ1) is 27.7. The molecule has 0 saturated carbocycles. The number of fused-ring (bicyclic) bond motifs is 10. The van der Waals surface area contributed by atoms with Crippen molar-refractivity contribution in [1.29, 1.82) is 0 Å². The van der Waals surface area contributed by atoms with Crippen molar-refractivity contribution in [3.63, 3.8) is 0 Å². The number of rotatable bonds is 4. The second-order valence-corrected chi connectivity index (χ2v) is 12.9. The third-order valence-corrected chi connectivity index (χ3v) is 10.2. The average Bonchev–Trinajstić information content (AvgIpc) is 3.53. The first-order valence-corrected chi connectivity index (χ1v) is 16.9. The Labute approximate surface area is 284 Å². The number of benzene rings is 9. The average molecular weight is 622 g/mol. The summed E-state index contributed by atoms with van der Waals surface area (Å²) in [7, 11) is 0. The molecule has 1 aromatic heterocycles. The van der Waals surface area contributed by atoms with Crippen LogP contribution in [0.4, 0.5) is 0 Å². The maximum atomic E-state index is 2.49. The molecule has 1 nitrogen and oxygen atoms in total. The molecule has 0 aliphatic rings. The Kier molecular flexibility index (Phi) is 6.25. The molecule has 0 bridgehead atoms. The van der Waals surface area contributed by atoms with E-state index in [2.05, 4.69) is 193 Å². The van der Waals surface area contributed by atoms with Crippen molar-refractivity contribution in [3.05, 3.63) is 188 Å². The van der Waals surface area contributed by atoms with Crippen molar-refractivity contribution in [2.24, 2.45) is 0 Å². The second kappa shape index (κ2) is 11.1. The minimum atomic E-state index is 1.16. The van der Waals surface area contributed by atoms with Gasteiger partial charge in [0, 0.05) is 27.2 Å². The Morgan fingerprint density at radius 2 is 0.796 bits per heavy atom. The van der Waals surface area contributed by atoms with Gasteiger partial charge in [-0.3, -0.25) is 0 Å². The van der Waals surface area contributed by atoms with Crippen LogP contribution in [0.25, 0.3) is 93.2 Å². The van der Waals surface area contributed by atoms with Crippen LogP contribution in [0, 0.1) is 0 Å². The Bertz CT molecular complexity index is 2830. The number of hydrogen-bond donors (Lipinski definition) is 0. The van der Waals surface area contributed by atoms with E-state index < -0.39 is 0 Å². The molecule has 0 atom stereocenters. The summed E-state index contributed by atoms with van der Waals surface area (Å²) in [5.74, 6) is 0. The summed E-state index contributed by atoms with van der Waals surface area (Å²) in [6, 6.07) is 68.7. The molecule has 0 spiro atoms. The highest BCUT2D eigenvalue weighted by molar-refractivity contribution is 6.37. The monoisotopic (exact) mass is 621 g/mol. The van der Waals surface area contributed by atoms with Crippen LogP contribution in [0.2, 0.25) is 0 Å². The predicted molar refractivity (Wildman–Crippen MR) is 210 cm³/mol. The lowest BCUT2D eigenvalue weighted by molar-refractivity contribution is 1.19. The molecular formula is C48H31N. The highest BCUT2D eigenvalue weighted by atomic mass is 15.0. The van der Waals surface area contributed by atoms with E-state index in [1.54, 1.807) is 0 Å². The van der Waals surface area contributed by atoms with Gasteiger partial charge in [-0.25, -0.2) is 0 Å².